The Kier molecular flexibility index (Phi) is 6.36. The van der Waals surface area contributed by atoms with Crippen molar-refractivity contribution in [2.75, 3.05) is 11.9 Å². The number of anilines is 2. The lowest BCUT2D eigenvalue weighted by atomic mass is 10.1. The number of carbonyl (C=O) groups is 2. The quantitative estimate of drug-likeness (QED) is 0.626. The van der Waals surface area contributed by atoms with Crippen molar-refractivity contribution in [3.8, 4) is 0 Å². The second-order valence-corrected chi connectivity index (χ2v) is 5.81. The monoisotopic (exact) mass is 386 g/mol. The molecule has 0 bridgehead atoms. The van der Waals surface area contributed by atoms with Crippen LogP contribution in [0.15, 0.2) is 48.7 Å². The van der Waals surface area contributed by atoms with E-state index >= 15 is 0 Å². The lowest BCUT2D eigenvalue weighted by molar-refractivity contribution is -0.345. The van der Waals surface area contributed by atoms with Gasteiger partial charge in [-0.25, -0.2) is 14.6 Å². The molecule has 0 amide bonds. The molecular weight excluding hydrogens is 368 g/mol. The number of carboxylic acid groups (broad SMARTS) is 1. The lowest BCUT2D eigenvalue weighted by Gasteiger charge is -2.13. The van der Waals surface area contributed by atoms with Crippen molar-refractivity contribution in [1.82, 2.24) is 0 Å². The number of carboxylic acids is 1. The maximum Gasteiger partial charge on any atom is 0.346 e. The first kappa shape index (κ1) is 20.2. The van der Waals surface area contributed by atoms with Crippen molar-refractivity contribution in [1.29, 1.82) is 0 Å². The predicted molar refractivity (Wildman–Crippen MR) is 97.9 cm³/mol. The van der Waals surface area contributed by atoms with Gasteiger partial charge in [0.2, 0.25) is 5.52 Å². The molecule has 140 valence electrons. The van der Waals surface area contributed by atoms with Gasteiger partial charge in [0.25, 0.3) is 0 Å². The molecule has 1 aromatic heterocycles. The molecule has 3 N–H and O–H groups in total. The number of benzene rings is 2. The number of aromatic carboxylic acids is 1. The molecule has 0 fully saturated rings. The number of carbonyl (C=O) groups excluding carboxylic acids is 1. The molecule has 6 nitrogen and oxygen atoms in total. The number of H-pyrrole nitrogens is 1. The molecular formula is C20H19ClN2O4. The van der Waals surface area contributed by atoms with Gasteiger partial charge in [0, 0.05) is 11.3 Å². The van der Waals surface area contributed by atoms with Crippen molar-refractivity contribution in [2.24, 2.45) is 0 Å². The molecule has 3 rings (SSSR count). The summed E-state index contributed by atoms with van der Waals surface area (Å²) in [5.74, 6) is -1.47. The van der Waals surface area contributed by atoms with Gasteiger partial charge in [-0.1, -0.05) is 18.2 Å². The predicted octanol–water partition coefficient (Wildman–Crippen LogP) is 0.585. The summed E-state index contributed by atoms with van der Waals surface area (Å²) in [4.78, 5) is 26.7. The average Bonchev–Trinajstić information content (AvgIpc) is 2.63. The molecule has 0 aliphatic heterocycles. The van der Waals surface area contributed by atoms with E-state index in [1.807, 2.05) is 25.1 Å². The Morgan fingerprint density at radius 2 is 1.93 bits per heavy atom. The molecule has 0 spiro atoms. The standard InChI is InChI=1S/C20H18N2O4.ClH/c1-3-26-20(25)16-11-21-17-12(2)6-4-9-15(17)18(16)22-14-8-5-7-13(10-14)19(23)24;/h4-11H,3H2,1-2H3,(H,21,22)(H,23,24);1H. The number of hydrogen-bond acceptors (Lipinski definition) is 4. The van der Waals surface area contributed by atoms with E-state index in [9.17, 15) is 14.7 Å². The fourth-order valence-corrected chi connectivity index (χ4v) is 2.81. The molecule has 2 aromatic carbocycles. The highest BCUT2D eigenvalue weighted by Crippen LogP contribution is 2.30. The third-order valence-electron chi connectivity index (χ3n) is 4.05. The number of nitrogens with one attached hydrogen (secondary N) is 2. The number of rotatable bonds is 5. The van der Waals surface area contributed by atoms with Crippen molar-refractivity contribution < 1.29 is 36.8 Å². The fourth-order valence-electron chi connectivity index (χ4n) is 2.81. The van der Waals surface area contributed by atoms with Crippen molar-refractivity contribution >= 4 is 34.2 Å². The van der Waals surface area contributed by atoms with Gasteiger partial charge in [0.15, 0.2) is 6.20 Å². The number of halogens is 1. The zero-order valence-corrected chi connectivity index (χ0v) is 15.6. The van der Waals surface area contributed by atoms with Crippen molar-refractivity contribution in [3.05, 3.63) is 65.4 Å². The Balaban J connectivity index is 0.00000261. The van der Waals surface area contributed by atoms with E-state index in [1.54, 1.807) is 25.3 Å². The number of ether oxygens (including phenoxy) is 1. The van der Waals surface area contributed by atoms with Crippen LogP contribution in [0.3, 0.4) is 0 Å². The zero-order valence-electron chi connectivity index (χ0n) is 14.9. The summed E-state index contributed by atoms with van der Waals surface area (Å²) >= 11 is 0. The summed E-state index contributed by atoms with van der Waals surface area (Å²) in [7, 11) is 0. The van der Waals surface area contributed by atoms with Crippen LogP contribution in [-0.2, 0) is 4.74 Å². The Labute approximate surface area is 162 Å². The molecule has 0 saturated heterocycles. The van der Waals surface area contributed by atoms with Crippen LogP contribution in [-0.4, -0.2) is 23.7 Å². The summed E-state index contributed by atoms with van der Waals surface area (Å²) in [5, 5.41) is 13.2. The van der Waals surface area contributed by atoms with Gasteiger partial charge in [0.05, 0.1) is 23.2 Å². The topological polar surface area (TPSA) is 89.8 Å². The first-order chi connectivity index (χ1) is 12.5. The van der Waals surface area contributed by atoms with E-state index < -0.39 is 11.9 Å². The van der Waals surface area contributed by atoms with E-state index in [0.29, 0.717) is 16.9 Å². The van der Waals surface area contributed by atoms with Crippen molar-refractivity contribution in [2.45, 2.75) is 13.8 Å². The molecule has 0 unspecified atom stereocenters. The van der Waals surface area contributed by atoms with Crippen LogP contribution >= 0.6 is 0 Å². The van der Waals surface area contributed by atoms with Gasteiger partial charge in [-0.15, -0.1) is 0 Å². The Morgan fingerprint density at radius 1 is 1.19 bits per heavy atom. The van der Waals surface area contributed by atoms with Crippen LogP contribution < -0.4 is 22.7 Å². The molecule has 1 heterocycles. The van der Waals surface area contributed by atoms with Crippen LogP contribution in [0.4, 0.5) is 11.4 Å². The van der Waals surface area contributed by atoms with Gasteiger partial charge >= 0.3 is 11.9 Å². The molecule has 0 radical (unpaired) electrons. The Morgan fingerprint density at radius 3 is 2.63 bits per heavy atom. The smallest absolute Gasteiger partial charge is 0.346 e. The van der Waals surface area contributed by atoms with E-state index in [-0.39, 0.29) is 24.6 Å². The second kappa shape index (κ2) is 8.51. The van der Waals surface area contributed by atoms with Crippen molar-refractivity contribution in [3.63, 3.8) is 0 Å². The van der Waals surface area contributed by atoms with Gasteiger partial charge in [-0.2, -0.15) is 0 Å². The molecule has 0 saturated carbocycles. The number of pyridine rings is 1. The van der Waals surface area contributed by atoms with Gasteiger partial charge in [-0.05, 0) is 38.1 Å². The SMILES string of the molecule is CCOC(=O)c1c[nH+]c2c(C)cccc2c1Nc1cccc(C(=O)O)c1.[Cl-]. The molecule has 0 aliphatic carbocycles. The molecule has 0 aliphatic rings. The van der Waals surface area contributed by atoms with E-state index in [0.717, 1.165) is 16.5 Å². The maximum absolute atomic E-state index is 12.4. The van der Waals surface area contributed by atoms with Crippen LogP contribution in [0.2, 0.25) is 0 Å². The van der Waals surface area contributed by atoms with Gasteiger partial charge in [-0.3, -0.25) is 0 Å². The minimum absolute atomic E-state index is 0. The Bertz CT molecular complexity index is 1000. The fraction of sp³-hybridized carbons (Fsp3) is 0.150. The summed E-state index contributed by atoms with van der Waals surface area (Å²) in [6.45, 7) is 3.98. The van der Waals surface area contributed by atoms with Crippen LogP contribution in [0.5, 0.6) is 0 Å². The number of para-hydroxylation sites is 1. The highest BCUT2D eigenvalue weighted by Gasteiger charge is 2.21. The van der Waals surface area contributed by atoms with Crippen LogP contribution in [0.1, 0.15) is 33.2 Å². The highest BCUT2D eigenvalue weighted by molar-refractivity contribution is 6.05. The number of aromatic nitrogens is 1. The van der Waals surface area contributed by atoms with E-state index in [4.69, 9.17) is 4.74 Å². The summed E-state index contributed by atoms with van der Waals surface area (Å²) in [6, 6.07) is 12.2. The van der Waals surface area contributed by atoms with E-state index in [2.05, 4.69) is 10.3 Å². The number of hydrogen-bond donors (Lipinski definition) is 2. The van der Waals surface area contributed by atoms with Crippen LogP contribution in [0, 0.1) is 6.92 Å². The minimum atomic E-state index is -1.01. The number of aryl methyl sites for hydroxylation is 1. The number of esters is 1. The largest absolute Gasteiger partial charge is 1.00 e. The number of aromatic amines is 1. The zero-order chi connectivity index (χ0) is 18.7. The third-order valence-corrected chi connectivity index (χ3v) is 4.05. The highest BCUT2D eigenvalue weighted by atomic mass is 35.5. The minimum Gasteiger partial charge on any atom is -1.00 e. The normalized spacial score (nSPS) is 10.1. The summed E-state index contributed by atoms with van der Waals surface area (Å²) in [5.41, 5.74) is 3.58. The second-order valence-electron chi connectivity index (χ2n) is 5.81. The maximum atomic E-state index is 12.4. The summed E-state index contributed by atoms with van der Waals surface area (Å²) < 4.78 is 5.15. The average molecular weight is 387 g/mol. The van der Waals surface area contributed by atoms with Gasteiger partial charge in [0.1, 0.15) is 5.56 Å². The molecule has 3 aromatic rings. The third kappa shape index (κ3) is 4.17. The number of fused-ring (bicyclic) bond motifs is 1. The van der Waals surface area contributed by atoms with Crippen LogP contribution in [0.25, 0.3) is 10.9 Å². The Hall–Kier alpha value is -3.12. The summed E-state index contributed by atoms with van der Waals surface area (Å²) in [6.07, 6.45) is 1.61. The molecule has 0 atom stereocenters. The molecule has 7 heteroatoms. The van der Waals surface area contributed by atoms with Gasteiger partial charge < -0.3 is 27.6 Å². The first-order valence-electron chi connectivity index (χ1n) is 8.22. The molecule has 27 heavy (non-hydrogen) atoms. The van der Waals surface area contributed by atoms with E-state index in [1.165, 1.54) is 12.1 Å². The lowest BCUT2D eigenvalue weighted by Crippen LogP contribution is -3.00. The first-order valence-corrected chi connectivity index (χ1v) is 8.22.